The van der Waals surface area contributed by atoms with Crippen LogP contribution in [0.3, 0.4) is 0 Å². The molecule has 1 nitrogen and oxygen atoms in total. The van der Waals surface area contributed by atoms with Gasteiger partial charge in [-0.2, -0.15) is 0 Å². The topological polar surface area (TPSA) is 14.0 Å². The highest BCUT2D eigenvalue weighted by atomic mass is 14.7. The molecule has 0 aromatic carbocycles. The van der Waals surface area contributed by atoms with Crippen molar-refractivity contribution in [2.45, 2.75) is 0 Å². The third kappa shape index (κ3) is 0.385. The van der Waals surface area contributed by atoms with Crippen molar-refractivity contribution in [3.8, 4) is 0 Å². The Hall–Kier alpha value is -0.850. The Morgan fingerprint density at radius 3 is 2.67 bits per heavy atom. The van der Waals surface area contributed by atoms with Crippen molar-refractivity contribution in [2.24, 2.45) is 0 Å². The summed E-state index contributed by atoms with van der Waals surface area (Å²) in [5, 5.41) is 0. The summed E-state index contributed by atoms with van der Waals surface area (Å²) in [6.45, 7) is 5.22. The second kappa shape index (κ2) is 1.09. The molecular formula is C5H5N. The predicted molar refractivity (Wildman–Crippen MR) is 24.0 cm³/mol. The first-order valence-electron chi connectivity index (χ1n) is 1.78. The molecule has 1 heterocycles. The maximum atomic E-state index is 5.22. The molecule has 0 amide bonds. The third-order valence-corrected chi connectivity index (χ3v) is 0.622. The summed E-state index contributed by atoms with van der Waals surface area (Å²) in [7, 11) is 0. The van der Waals surface area contributed by atoms with Crippen LogP contribution in [-0.4, -0.2) is 6.21 Å². The number of allylic oxidation sites excluding steroid dienone is 2. The lowest BCUT2D eigenvalue weighted by Gasteiger charge is -1.75. The summed E-state index contributed by atoms with van der Waals surface area (Å²) in [6, 6.07) is 0. The van der Waals surface area contributed by atoms with Gasteiger partial charge in [-0.05, 0) is 0 Å². The fourth-order valence-electron chi connectivity index (χ4n) is 0.344. The average molecular weight is 79.1 g/mol. The molecule has 0 saturated heterocycles. The van der Waals surface area contributed by atoms with E-state index in [1.54, 1.807) is 12.3 Å². The molecular weight excluding hydrogens is 74.1 g/mol. The first-order chi connectivity index (χ1) is 2.89. The quantitative estimate of drug-likeness (QED) is 0.359. The number of hydrogen-bond donors (Lipinski definition) is 1. The van der Waals surface area contributed by atoms with Gasteiger partial charge in [0.2, 0.25) is 0 Å². The van der Waals surface area contributed by atoms with E-state index >= 15 is 0 Å². The molecule has 0 fully saturated rings. The molecule has 1 N–H and O–H groups in total. The minimum Gasteiger partial charge on any atom is -0.247 e. The fraction of sp³-hybridized carbons (Fsp3) is 0. The first-order valence-corrected chi connectivity index (χ1v) is 1.78. The lowest BCUT2D eigenvalue weighted by molar-refractivity contribution is -0.380. The molecule has 0 atom stereocenters. The van der Waals surface area contributed by atoms with Crippen molar-refractivity contribution in [2.75, 3.05) is 0 Å². The molecule has 1 heteroatoms. The Balaban J connectivity index is 2.86. The Morgan fingerprint density at radius 2 is 2.50 bits per heavy atom. The maximum absolute atomic E-state index is 5.22. The first kappa shape index (κ1) is 3.34. The molecule has 0 aromatic rings. The fourth-order valence-corrected chi connectivity index (χ4v) is 0.344. The van der Waals surface area contributed by atoms with Crippen LogP contribution in [0.5, 0.6) is 0 Å². The van der Waals surface area contributed by atoms with Gasteiger partial charge >= 0.3 is 0 Å². The highest BCUT2D eigenvalue weighted by Gasteiger charge is 1.80. The Labute approximate surface area is 36.7 Å². The Morgan fingerprint density at radius 1 is 1.67 bits per heavy atom. The molecule has 30 valence electrons. The molecule has 0 radical (unpaired) electrons. The van der Waals surface area contributed by atoms with Gasteiger partial charge in [0, 0.05) is 5.70 Å². The highest BCUT2D eigenvalue weighted by molar-refractivity contribution is 5.68. The normalized spacial score (nSPS) is 17.0. The molecule has 0 aromatic heterocycles. The number of hydrogen-bond acceptors (Lipinski definition) is 0. The van der Waals surface area contributed by atoms with Gasteiger partial charge in [-0.3, -0.25) is 0 Å². The van der Waals surface area contributed by atoms with E-state index in [-0.39, 0.29) is 0 Å². The SMILES string of the molecule is [CH-]=C1C=CC=[NH+]1. The molecule has 0 spiro atoms. The van der Waals surface area contributed by atoms with E-state index in [9.17, 15) is 0 Å². The van der Waals surface area contributed by atoms with E-state index in [1.165, 1.54) is 0 Å². The summed E-state index contributed by atoms with van der Waals surface area (Å²) in [4.78, 5) is 2.78. The maximum Gasteiger partial charge on any atom is 0.147 e. The van der Waals surface area contributed by atoms with Gasteiger partial charge in [-0.15, -0.1) is 6.08 Å². The summed E-state index contributed by atoms with van der Waals surface area (Å²) in [6.07, 6.45) is 5.45. The molecule has 0 saturated carbocycles. The largest absolute Gasteiger partial charge is 0.247 e. The smallest absolute Gasteiger partial charge is 0.147 e. The summed E-state index contributed by atoms with van der Waals surface area (Å²) >= 11 is 0. The van der Waals surface area contributed by atoms with Gasteiger partial charge in [0.05, 0.1) is 0 Å². The average Bonchev–Trinajstić information content (AvgIpc) is 1.86. The summed E-state index contributed by atoms with van der Waals surface area (Å²) in [5.74, 6) is 0. The van der Waals surface area contributed by atoms with Crippen molar-refractivity contribution in [1.82, 2.24) is 0 Å². The van der Waals surface area contributed by atoms with Crippen LogP contribution in [-0.2, 0) is 0 Å². The van der Waals surface area contributed by atoms with Crippen molar-refractivity contribution in [1.29, 1.82) is 0 Å². The van der Waals surface area contributed by atoms with Crippen LogP contribution in [0.1, 0.15) is 0 Å². The monoisotopic (exact) mass is 79.0 g/mol. The predicted octanol–water partition coefficient (Wildman–Crippen LogP) is -0.976. The molecule has 0 unspecified atom stereocenters. The minimum atomic E-state index is 0.718. The van der Waals surface area contributed by atoms with Gasteiger partial charge < -0.3 is 0 Å². The molecule has 0 aliphatic carbocycles. The van der Waals surface area contributed by atoms with E-state index in [1.807, 2.05) is 6.08 Å². The zero-order valence-electron chi connectivity index (χ0n) is 3.31. The van der Waals surface area contributed by atoms with Crippen molar-refractivity contribution < 1.29 is 4.99 Å². The van der Waals surface area contributed by atoms with Crippen molar-refractivity contribution in [3.05, 3.63) is 24.4 Å². The van der Waals surface area contributed by atoms with E-state index < -0.39 is 0 Å². The zero-order chi connectivity index (χ0) is 4.41. The minimum absolute atomic E-state index is 0.718. The number of rotatable bonds is 0. The molecule has 6 heavy (non-hydrogen) atoms. The van der Waals surface area contributed by atoms with E-state index in [2.05, 4.69) is 4.99 Å². The Bertz CT molecular complexity index is 106. The van der Waals surface area contributed by atoms with Crippen LogP contribution in [0.15, 0.2) is 17.8 Å². The molecule has 1 aliphatic heterocycles. The van der Waals surface area contributed by atoms with Crippen LogP contribution in [0, 0.1) is 6.58 Å². The van der Waals surface area contributed by atoms with Crippen LogP contribution in [0.2, 0.25) is 0 Å². The lowest BCUT2D eigenvalue weighted by atomic mass is 10.5. The van der Waals surface area contributed by atoms with Crippen molar-refractivity contribution in [3.63, 3.8) is 0 Å². The lowest BCUT2D eigenvalue weighted by Crippen LogP contribution is -2.63. The number of nitrogens with one attached hydrogen (secondary N) is 1. The van der Waals surface area contributed by atoms with E-state index in [0.717, 1.165) is 5.70 Å². The zero-order valence-corrected chi connectivity index (χ0v) is 3.31. The van der Waals surface area contributed by atoms with Crippen LogP contribution in [0.4, 0.5) is 0 Å². The van der Waals surface area contributed by atoms with Crippen LogP contribution < -0.4 is 4.99 Å². The van der Waals surface area contributed by atoms with Gasteiger partial charge in [0.1, 0.15) is 6.21 Å². The highest BCUT2D eigenvalue weighted by Crippen LogP contribution is 1.76. The van der Waals surface area contributed by atoms with Gasteiger partial charge in [0.15, 0.2) is 0 Å². The molecule has 1 aliphatic rings. The Kier molecular flexibility index (Phi) is 0.607. The standard InChI is InChI=1S/C5H4N/c1-5-3-2-4-6-5/h1-4H/q-1/p+1. The molecule has 0 bridgehead atoms. The van der Waals surface area contributed by atoms with Gasteiger partial charge in [-0.1, -0.05) is 6.08 Å². The van der Waals surface area contributed by atoms with Gasteiger partial charge in [0.25, 0.3) is 0 Å². The van der Waals surface area contributed by atoms with Crippen LogP contribution >= 0.6 is 0 Å². The molecule has 1 rings (SSSR count). The second-order valence-corrected chi connectivity index (χ2v) is 1.13. The van der Waals surface area contributed by atoms with Gasteiger partial charge in [-0.25, -0.2) is 11.6 Å². The van der Waals surface area contributed by atoms with E-state index in [4.69, 9.17) is 6.58 Å². The van der Waals surface area contributed by atoms with Crippen LogP contribution in [0.25, 0.3) is 0 Å². The second-order valence-electron chi connectivity index (χ2n) is 1.13. The van der Waals surface area contributed by atoms with Crippen molar-refractivity contribution >= 4 is 6.21 Å². The van der Waals surface area contributed by atoms with E-state index in [0.29, 0.717) is 0 Å². The third-order valence-electron chi connectivity index (χ3n) is 0.622. The summed E-state index contributed by atoms with van der Waals surface area (Å²) < 4.78 is 0. The summed E-state index contributed by atoms with van der Waals surface area (Å²) in [5.41, 5.74) is 0.718.